The minimum Gasteiger partial charge on any atom is -0.368 e. The average molecular weight is 461 g/mol. The topological polar surface area (TPSA) is 88.6 Å². The molecule has 1 aromatic carbocycles. The van der Waals surface area contributed by atoms with Gasteiger partial charge in [0.05, 0.1) is 22.7 Å². The van der Waals surface area contributed by atoms with E-state index in [1.165, 1.54) is 15.6 Å². The smallest absolute Gasteiger partial charge is 0.368 e. The van der Waals surface area contributed by atoms with Gasteiger partial charge in [-0.25, -0.2) is 13.4 Å². The highest BCUT2D eigenvalue weighted by Gasteiger charge is 2.33. The molecule has 0 bridgehead atoms. The number of ether oxygens (including phenoxy) is 1. The minimum atomic E-state index is -4.53. The molecule has 0 saturated carbocycles. The number of hydrogen-bond acceptors (Lipinski definition) is 6. The molecular formula is C18H18F3N3O4S2. The second-order valence-electron chi connectivity index (χ2n) is 6.99. The molecule has 1 aromatic heterocycles. The van der Waals surface area contributed by atoms with Crippen LogP contribution in [0.4, 0.5) is 18.3 Å². The lowest BCUT2D eigenvalue weighted by atomic mass is 10.2. The molecule has 30 heavy (non-hydrogen) atoms. The Balaban J connectivity index is 1.48. The van der Waals surface area contributed by atoms with Gasteiger partial charge in [0, 0.05) is 24.4 Å². The van der Waals surface area contributed by atoms with Gasteiger partial charge in [-0.3, -0.25) is 10.1 Å². The number of halogens is 3. The van der Waals surface area contributed by atoms with Crippen molar-refractivity contribution < 1.29 is 31.1 Å². The molecule has 12 heteroatoms. The Kier molecular flexibility index (Phi) is 5.60. The SMILES string of the molecule is O=C(Nc1nc2c(s1)CN(S(=O)(=O)c1ccc(C(F)(F)F)cc1)CC2)C1CCCO1. The Morgan fingerprint density at radius 3 is 2.63 bits per heavy atom. The summed E-state index contributed by atoms with van der Waals surface area (Å²) in [5.74, 6) is -0.271. The Hall–Kier alpha value is -2.02. The normalized spacial score (nSPS) is 20.2. The first kappa shape index (κ1) is 21.2. The third-order valence-corrected chi connectivity index (χ3v) is 7.83. The maximum atomic E-state index is 12.9. The van der Waals surface area contributed by atoms with Crippen molar-refractivity contribution in [3.8, 4) is 0 Å². The minimum absolute atomic E-state index is 0.0478. The van der Waals surface area contributed by atoms with E-state index in [0.29, 0.717) is 35.2 Å². The lowest BCUT2D eigenvalue weighted by Crippen LogP contribution is -2.35. The van der Waals surface area contributed by atoms with Gasteiger partial charge in [-0.2, -0.15) is 17.5 Å². The van der Waals surface area contributed by atoms with Crippen molar-refractivity contribution in [1.29, 1.82) is 0 Å². The molecule has 1 atom stereocenters. The molecule has 2 aliphatic heterocycles. The van der Waals surface area contributed by atoms with Crippen LogP contribution in [0, 0.1) is 0 Å². The maximum absolute atomic E-state index is 12.9. The number of alkyl halides is 3. The van der Waals surface area contributed by atoms with Gasteiger partial charge in [-0.05, 0) is 37.1 Å². The van der Waals surface area contributed by atoms with Crippen LogP contribution in [0.1, 0.15) is 29.0 Å². The fraction of sp³-hybridized carbons (Fsp3) is 0.444. The van der Waals surface area contributed by atoms with Crippen LogP contribution < -0.4 is 5.32 Å². The van der Waals surface area contributed by atoms with Crippen LogP contribution in [0.15, 0.2) is 29.2 Å². The second kappa shape index (κ2) is 7.91. The first-order valence-corrected chi connectivity index (χ1v) is 11.5. The van der Waals surface area contributed by atoms with Gasteiger partial charge >= 0.3 is 6.18 Å². The number of fused-ring (bicyclic) bond motifs is 1. The molecule has 0 radical (unpaired) electrons. The number of rotatable bonds is 4. The predicted octanol–water partition coefficient (Wildman–Crippen LogP) is 3.03. The van der Waals surface area contributed by atoms with Crippen molar-refractivity contribution >= 4 is 32.4 Å². The number of sulfonamides is 1. The summed E-state index contributed by atoms with van der Waals surface area (Å²) in [7, 11) is -3.96. The number of anilines is 1. The Morgan fingerprint density at radius 1 is 1.27 bits per heavy atom. The van der Waals surface area contributed by atoms with Gasteiger partial charge in [-0.1, -0.05) is 0 Å². The first-order chi connectivity index (χ1) is 14.1. The molecule has 3 heterocycles. The zero-order valence-corrected chi connectivity index (χ0v) is 17.2. The summed E-state index contributed by atoms with van der Waals surface area (Å²) in [6.45, 7) is 0.745. The Bertz CT molecular complexity index is 1050. The lowest BCUT2D eigenvalue weighted by molar-refractivity contribution is -0.137. The highest BCUT2D eigenvalue weighted by molar-refractivity contribution is 7.89. The first-order valence-electron chi connectivity index (χ1n) is 9.23. The van der Waals surface area contributed by atoms with Crippen LogP contribution in [0.5, 0.6) is 0 Å². The van der Waals surface area contributed by atoms with E-state index in [0.717, 1.165) is 30.7 Å². The van der Waals surface area contributed by atoms with Crippen LogP contribution >= 0.6 is 11.3 Å². The predicted molar refractivity (Wildman–Crippen MR) is 102 cm³/mol. The van der Waals surface area contributed by atoms with Crippen LogP contribution in [0.2, 0.25) is 0 Å². The summed E-state index contributed by atoms with van der Waals surface area (Å²) in [4.78, 5) is 17.0. The largest absolute Gasteiger partial charge is 0.416 e. The number of carbonyl (C=O) groups excluding carboxylic acids is 1. The Labute approximate surface area is 174 Å². The van der Waals surface area contributed by atoms with Crippen LogP contribution in [-0.4, -0.2) is 42.9 Å². The number of aromatic nitrogens is 1. The van der Waals surface area contributed by atoms with E-state index < -0.39 is 27.9 Å². The van der Waals surface area contributed by atoms with E-state index in [1.54, 1.807) is 0 Å². The quantitative estimate of drug-likeness (QED) is 0.756. The van der Waals surface area contributed by atoms with Gasteiger partial charge in [0.25, 0.3) is 5.91 Å². The Morgan fingerprint density at radius 2 is 2.00 bits per heavy atom. The molecule has 0 spiro atoms. The number of carbonyl (C=O) groups is 1. The molecule has 1 unspecified atom stereocenters. The van der Waals surface area contributed by atoms with Gasteiger partial charge < -0.3 is 4.74 Å². The van der Waals surface area contributed by atoms with Crippen molar-refractivity contribution in [3.05, 3.63) is 40.4 Å². The van der Waals surface area contributed by atoms with Gasteiger partial charge in [0.1, 0.15) is 6.10 Å². The van der Waals surface area contributed by atoms with E-state index in [-0.39, 0.29) is 23.9 Å². The third kappa shape index (κ3) is 4.22. The molecule has 1 saturated heterocycles. The van der Waals surface area contributed by atoms with E-state index in [2.05, 4.69) is 10.3 Å². The molecule has 7 nitrogen and oxygen atoms in total. The maximum Gasteiger partial charge on any atom is 0.416 e. The number of benzene rings is 1. The molecule has 2 aliphatic rings. The van der Waals surface area contributed by atoms with Crippen molar-refractivity contribution in [3.63, 3.8) is 0 Å². The number of nitrogens with zero attached hydrogens (tertiary/aromatic N) is 2. The van der Waals surface area contributed by atoms with Gasteiger partial charge in [-0.15, -0.1) is 11.3 Å². The summed E-state index contributed by atoms with van der Waals surface area (Å²) in [6, 6.07) is 3.45. The summed E-state index contributed by atoms with van der Waals surface area (Å²) in [6.07, 6.45) is -3.21. The summed E-state index contributed by atoms with van der Waals surface area (Å²) < 4.78 is 70.4. The molecule has 2 aromatic rings. The number of nitrogens with one attached hydrogen (secondary N) is 1. The average Bonchev–Trinajstić information content (AvgIpc) is 3.36. The molecule has 1 N–H and O–H groups in total. The fourth-order valence-corrected chi connectivity index (χ4v) is 5.88. The molecule has 0 aliphatic carbocycles. The van der Waals surface area contributed by atoms with E-state index in [4.69, 9.17) is 4.74 Å². The highest BCUT2D eigenvalue weighted by Crippen LogP contribution is 2.33. The molecule has 162 valence electrons. The standard InChI is InChI=1S/C18H18F3N3O4S2/c19-18(20,21)11-3-5-12(6-4-11)30(26,27)24-8-7-13-15(10-24)29-17(22-13)23-16(25)14-2-1-9-28-14/h3-6,14H,1-2,7-10H2,(H,22,23,25). The van der Waals surface area contributed by atoms with Crippen LogP contribution in [0.3, 0.4) is 0 Å². The number of thiazole rings is 1. The van der Waals surface area contributed by atoms with Crippen molar-refractivity contribution in [2.24, 2.45) is 0 Å². The number of amides is 1. The summed E-state index contributed by atoms with van der Waals surface area (Å²) in [5, 5.41) is 3.10. The van der Waals surface area contributed by atoms with E-state index in [1.807, 2.05) is 0 Å². The lowest BCUT2D eigenvalue weighted by Gasteiger charge is -2.25. The summed E-state index contributed by atoms with van der Waals surface area (Å²) >= 11 is 1.19. The van der Waals surface area contributed by atoms with Gasteiger partial charge in [0.2, 0.25) is 10.0 Å². The van der Waals surface area contributed by atoms with Crippen LogP contribution in [0.25, 0.3) is 0 Å². The van der Waals surface area contributed by atoms with Crippen LogP contribution in [-0.2, 0) is 38.7 Å². The zero-order chi connectivity index (χ0) is 21.5. The highest BCUT2D eigenvalue weighted by atomic mass is 32.2. The van der Waals surface area contributed by atoms with Crippen molar-refractivity contribution in [2.75, 3.05) is 18.5 Å². The van der Waals surface area contributed by atoms with Gasteiger partial charge in [0.15, 0.2) is 5.13 Å². The third-order valence-electron chi connectivity index (χ3n) is 4.97. The van der Waals surface area contributed by atoms with Crippen molar-refractivity contribution in [2.45, 2.75) is 43.0 Å². The molecule has 4 rings (SSSR count). The van der Waals surface area contributed by atoms with E-state index in [9.17, 15) is 26.4 Å². The molecule has 1 amide bonds. The number of hydrogen-bond donors (Lipinski definition) is 1. The monoisotopic (exact) mass is 461 g/mol. The fourth-order valence-electron chi connectivity index (χ4n) is 3.37. The summed E-state index contributed by atoms with van der Waals surface area (Å²) in [5.41, 5.74) is -0.196. The second-order valence-corrected chi connectivity index (χ2v) is 10.0. The molecule has 1 fully saturated rings. The van der Waals surface area contributed by atoms with Crippen molar-refractivity contribution in [1.82, 2.24) is 9.29 Å². The molecular weight excluding hydrogens is 443 g/mol. The zero-order valence-electron chi connectivity index (χ0n) is 15.6. The van der Waals surface area contributed by atoms with E-state index >= 15 is 0 Å².